The number of aromatic nitrogens is 2. The fourth-order valence-electron chi connectivity index (χ4n) is 7.94. The van der Waals surface area contributed by atoms with E-state index < -0.39 is 0 Å². The summed E-state index contributed by atoms with van der Waals surface area (Å²) in [5.41, 5.74) is 4.09. The number of aryl methyl sites for hydroxylation is 1. The van der Waals surface area contributed by atoms with E-state index in [0.717, 1.165) is 100 Å². The molecule has 0 spiro atoms. The van der Waals surface area contributed by atoms with Crippen LogP contribution in [0.4, 0.5) is 0 Å². The number of carbonyl (C=O) groups excluding carboxylic acids is 2. The van der Waals surface area contributed by atoms with Gasteiger partial charge in [0, 0.05) is 45.6 Å². The van der Waals surface area contributed by atoms with Crippen molar-refractivity contribution in [3.63, 3.8) is 0 Å². The summed E-state index contributed by atoms with van der Waals surface area (Å²) in [7, 11) is 3.13. The number of piperidine rings is 6. The zero-order chi connectivity index (χ0) is 33.5. The largest absolute Gasteiger partial charge is 0.504 e. The number of benzene rings is 2. The summed E-state index contributed by atoms with van der Waals surface area (Å²) in [4.78, 5) is 36.3. The van der Waals surface area contributed by atoms with Crippen LogP contribution in [-0.4, -0.2) is 104 Å². The molecule has 0 radical (unpaired) electrons. The molecule has 11 nitrogen and oxygen atoms in total. The number of fused-ring (bicyclic) bond motifs is 8. The summed E-state index contributed by atoms with van der Waals surface area (Å²) in [5, 5.41) is 11.4. The summed E-state index contributed by atoms with van der Waals surface area (Å²) >= 11 is 0. The van der Waals surface area contributed by atoms with Gasteiger partial charge in [0.25, 0.3) is 0 Å². The standard InChI is InChI=1S/C19H24N2O3.C18H22N2O4.ClH/c1-13-9-16-14(10-17(13)23-2)15(11-20-16)18(22)24-12-19-3-6-21(7-4-19)8-5-19;1-23-16-8-12-13(10-19-14(12)9-15(16)21)17(22)24-11-18-2-5-20(6-3-18)7-4-18;/h9-11,20H,3-8,12H2,1-2H3;8-10,19,21H,2-7,11H2,1H3;1H. The van der Waals surface area contributed by atoms with Crippen molar-refractivity contribution in [1.29, 1.82) is 0 Å². The minimum Gasteiger partial charge on any atom is -0.504 e. The van der Waals surface area contributed by atoms with Gasteiger partial charge in [-0.3, -0.25) is 0 Å². The lowest BCUT2D eigenvalue weighted by Crippen LogP contribution is -2.50. The van der Waals surface area contributed by atoms with Crippen molar-refractivity contribution in [2.24, 2.45) is 10.8 Å². The van der Waals surface area contributed by atoms with Crippen LogP contribution in [0.2, 0.25) is 0 Å². The predicted octanol–water partition coefficient (Wildman–Crippen LogP) is 6.07. The minimum atomic E-state index is -0.323. The number of ether oxygens (including phenoxy) is 4. The Bertz CT molecular complexity index is 1660. The number of carbonyl (C=O) groups is 2. The van der Waals surface area contributed by atoms with Gasteiger partial charge in [-0.15, -0.1) is 12.4 Å². The molecular weight excluding hydrogens is 648 g/mol. The molecule has 6 saturated heterocycles. The van der Waals surface area contributed by atoms with Gasteiger partial charge in [-0.25, -0.2) is 9.59 Å². The lowest BCUT2D eigenvalue weighted by molar-refractivity contribution is -0.0305. The lowest BCUT2D eigenvalue weighted by Gasteiger charge is -2.47. The number of H-pyrrole nitrogens is 2. The first kappa shape index (κ1) is 34.9. The van der Waals surface area contributed by atoms with Crippen LogP contribution >= 0.6 is 12.4 Å². The number of nitrogens with zero attached hydrogens (tertiary/aromatic N) is 2. The lowest BCUT2D eigenvalue weighted by atomic mass is 9.73. The predicted molar refractivity (Wildman–Crippen MR) is 189 cm³/mol. The average Bonchev–Trinajstić information content (AvgIpc) is 3.74. The number of hydrogen-bond acceptors (Lipinski definition) is 9. The maximum atomic E-state index is 12.6. The molecule has 8 heterocycles. The van der Waals surface area contributed by atoms with Gasteiger partial charge in [0.2, 0.25) is 0 Å². The molecule has 4 bridgehead atoms. The number of phenols is 1. The molecule has 49 heavy (non-hydrogen) atoms. The van der Waals surface area contributed by atoms with Gasteiger partial charge in [0.05, 0.1) is 44.1 Å². The Morgan fingerprint density at radius 3 is 1.53 bits per heavy atom. The number of halogens is 1. The molecule has 6 aliphatic heterocycles. The van der Waals surface area contributed by atoms with Gasteiger partial charge in [0.1, 0.15) is 5.75 Å². The summed E-state index contributed by atoms with van der Waals surface area (Å²) in [5.74, 6) is 0.606. The molecule has 0 amide bonds. The van der Waals surface area contributed by atoms with E-state index in [0.29, 0.717) is 41.0 Å². The first-order valence-electron chi connectivity index (χ1n) is 17.0. The monoisotopic (exact) mass is 694 g/mol. The number of esters is 2. The number of nitrogens with one attached hydrogen (secondary N) is 2. The highest BCUT2D eigenvalue weighted by molar-refractivity contribution is 6.05. The number of methoxy groups -OCH3 is 2. The third-order valence-corrected chi connectivity index (χ3v) is 11.4. The quantitative estimate of drug-likeness (QED) is 0.188. The molecular formula is C37H47ClN4O7. The first-order chi connectivity index (χ1) is 23.2. The Morgan fingerprint density at radius 1 is 0.694 bits per heavy atom. The van der Waals surface area contributed by atoms with Crippen LogP contribution in [0.1, 0.15) is 64.8 Å². The van der Waals surface area contributed by atoms with Gasteiger partial charge in [-0.1, -0.05) is 0 Å². The molecule has 0 atom stereocenters. The van der Waals surface area contributed by atoms with Crippen molar-refractivity contribution in [2.75, 3.05) is 66.7 Å². The van der Waals surface area contributed by atoms with E-state index in [1.54, 1.807) is 31.6 Å². The molecule has 12 heteroatoms. The molecule has 0 saturated carbocycles. The highest BCUT2D eigenvalue weighted by Crippen LogP contribution is 2.42. The molecule has 10 rings (SSSR count). The smallest absolute Gasteiger partial charge is 0.340 e. The summed E-state index contributed by atoms with van der Waals surface area (Å²) in [6.45, 7) is 9.77. The molecule has 2 aromatic carbocycles. The molecule has 6 aliphatic rings. The fraction of sp³-hybridized carbons (Fsp3) is 0.514. The molecule has 264 valence electrons. The highest BCUT2D eigenvalue weighted by atomic mass is 35.5. The Kier molecular flexibility index (Phi) is 10.1. The normalized spacial score (nSPS) is 25.3. The van der Waals surface area contributed by atoms with Crippen LogP contribution in [0, 0.1) is 17.8 Å². The van der Waals surface area contributed by atoms with Gasteiger partial charge in [-0.05, 0) is 108 Å². The Labute approximate surface area is 292 Å². The van der Waals surface area contributed by atoms with Gasteiger partial charge in [-0.2, -0.15) is 0 Å². The van der Waals surface area contributed by atoms with Crippen molar-refractivity contribution in [1.82, 2.24) is 19.8 Å². The maximum absolute atomic E-state index is 12.6. The highest BCUT2D eigenvalue weighted by Gasteiger charge is 2.41. The molecule has 0 aliphatic carbocycles. The van der Waals surface area contributed by atoms with Crippen LogP contribution in [0.15, 0.2) is 36.7 Å². The van der Waals surface area contributed by atoms with Crippen molar-refractivity contribution < 1.29 is 33.6 Å². The third-order valence-electron chi connectivity index (χ3n) is 11.4. The summed E-state index contributed by atoms with van der Waals surface area (Å²) in [6, 6.07) is 7.13. The number of hydrogen-bond donors (Lipinski definition) is 3. The zero-order valence-corrected chi connectivity index (χ0v) is 29.4. The maximum Gasteiger partial charge on any atom is 0.340 e. The van der Waals surface area contributed by atoms with Crippen molar-refractivity contribution >= 4 is 46.2 Å². The van der Waals surface area contributed by atoms with Crippen molar-refractivity contribution in [3.05, 3.63) is 53.3 Å². The SMILES string of the molecule is COc1cc2c(C(=O)OCC34CCN(CC3)CC4)c[nH]c2cc1C.COc1cc2c(C(=O)OCC34CCN(CC3)CC4)c[nH]c2cc1O.Cl. The summed E-state index contributed by atoms with van der Waals surface area (Å²) in [6.07, 6.45) is 10.1. The first-order valence-corrected chi connectivity index (χ1v) is 17.0. The Balaban J connectivity index is 0.000000167. The molecule has 6 fully saturated rings. The van der Waals surface area contributed by atoms with E-state index in [1.807, 2.05) is 19.1 Å². The average molecular weight is 695 g/mol. The number of phenolic OH excluding ortho intramolecular Hbond substituents is 1. The third kappa shape index (κ3) is 6.93. The molecule has 4 aromatic rings. The fourth-order valence-corrected chi connectivity index (χ4v) is 7.94. The molecule has 0 unspecified atom stereocenters. The molecule has 2 aromatic heterocycles. The molecule has 3 N–H and O–H groups in total. The minimum absolute atomic E-state index is 0. The van der Waals surface area contributed by atoms with Gasteiger partial charge < -0.3 is 43.8 Å². The van der Waals surface area contributed by atoms with E-state index in [1.165, 1.54) is 7.11 Å². The van der Waals surface area contributed by atoms with Crippen LogP contribution in [0.25, 0.3) is 21.8 Å². The Hall–Kier alpha value is -3.93. The second-order valence-corrected chi connectivity index (χ2v) is 14.2. The van der Waals surface area contributed by atoms with E-state index in [2.05, 4.69) is 19.8 Å². The second-order valence-electron chi connectivity index (χ2n) is 14.2. The van der Waals surface area contributed by atoms with E-state index in [-0.39, 0.29) is 40.9 Å². The van der Waals surface area contributed by atoms with Crippen molar-refractivity contribution in [2.45, 2.75) is 45.4 Å². The van der Waals surface area contributed by atoms with Gasteiger partial charge in [0.15, 0.2) is 11.5 Å². The summed E-state index contributed by atoms with van der Waals surface area (Å²) < 4.78 is 21.9. The number of aromatic hydroxyl groups is 1. The topological polar surface area (TPSA) is 129 Å². The van der Waals surface area contributed by atoms with E-state index >= 15 is 0 Å². The van der Waals surface area contributed by atoms with Crippen LogP contribution in [0.5, 0.6) is 17.2 Å². The zero-order valence-electron chi connectivity index (χ0n) is 28.6. The van der Waals surface area contributed by atoms with Crippen LogP contribution in [0.3, 0.4) is 0 Å². The second kappa shape index (κ2) is 14.1. The Morgan fingerprint density at radius 2 is 1.10 bits per heavy atom. The number of aromatic amines is 2. The van der Waals surface area contributed by atoms with E-state index in [9.17, 15) is 14.7 Å². The van der Waals surface area contributed by atoms with Gasteiger partial charge >= 0.3 is 11.9 Å². The van der Waals surface area contributed by atoms with E-state index in [4.69, 9.17) is 18.9 Å². The number of rotatable bonds is 8. The van der Waals surface area contributed by atoms with Crippen LogP contribution < -0.4 is 9.47 Å². The van der Waals surface area contributed by atoms with Crippen LogP contribution in [-0.2, 0) is 9.47 Å². The van der Waals surface area contributed by atoms with Crippen molar-refractivity contribution in [3.8, 4) is 17.2 Å².